The van der Waals surface area contributed by atoms with Crippen LogP contribution < -0.4 is 11.1 Å². The highest BCUT2D eigenvalue weighted by atomic mass is 32.1. The van der Waals surface area contributed by atoms with E-state index in [9.17, 15) is 4.79 Å². The topological polar surface area (TPSA) is 64.3 Å². The Morgan fingerprint density at radius 2 is 1.94 bits per heavy atom. The molecule has 1 aromatic rings. The van der Waals surface area contributed by atoms with Crippen molar-refractivity contribution in [3.8, 4) is 0 Å². The Labute approximate surface area is 113 Å². The van der Waals surface area contributed by atoms with Crippen LogP contribution in [0.25, 0.3) is 0 Å². The molecule has 1 rings (SSSR count). The molecule has 0 saturated heterocycles. The third-order valence-electron chi connectivity index (χ3n) is 2.63. The molecule has 0 heterocycles. The van der Waals surface area contributed by atoms with Gasteiger partial charge in [-0.25, -0.2) is 0 Å². The molecule has 0 aromatic heterocycles. The van der Waals surface area contributed by atoms with Crippen LogP contribution in [-0.2, 0) is 9.53 Å². The maximum absolute atomic E-state index is 12.1. The van der Waals surface area contributed by atoms with Gasteiger partial charge in [-0.05, 0) is 19.4 Å². The summed E-state index contributed by atoms with van der Waals surface area (Å²) in [4.78, 5) is 12.4. The number of ether oxygens (including phenoxy) is 1. The lowest BCUT2D eigenvalue weighted by Gasteiger charge is -2.27. The standard InChI is InChI=1S/C13H18N2O2S/c1-13(2,12(14)18)15-11(16)10(17-3)9-7-5-4-6-8-9/h4-8,10H,1-3H3,(H2,14,18)(H,15,16). The average Bonchev–Trinajstić information content (AvgIpc) is 2.30. The number of rotatable bonds is 5. The molecule has 1 unspecified atom stereocenters. The van der Waals surface area contributed by atoms with Gasteiger partial charge in [-0.15, -0.1) is 0 Å². The molecule has 0 saturated carbocycles. The van der Waals surface area contributed by atoms with Crippen molar-refractivity contribution in [2.75, 3.05) is 7.11 Å². The van der Waals surface area contributed by atoms with E-state index >= 15 is 0 Å². The number of nitrogens with one attached hydrogen (secondary N) is 1. The maximum Gasteiger partial charge on any atom is 0.254 e. The lowest BCUT2D eigenvalue weighted by molar-refractivity contribution is -0.132. The molecule has 18 heavy (non-hydrogen) atoms. The van der Waals surface area contributed by atoms with Crippen molar-refractivity contribution in [2.24, 2.45) is 5.73 Å². The first-order chi connectivity index (χ1) is 8.38. The number of amides is 1. The highest BCUT2D eigenvalue weighted by molar-refractivity contribution is 7.80. The molecule has 0 fully saturated rings. The summed E-state index contributed by atoms with van der Waals surface area (Å²) >= 11 is 4.91. The van der Waals surface area contributed by atoms with Crippen LogP contribution in [0.2, 0.25) is 0 Å². The summed E-state index contributed by atoms with van der Waals surface area (Å²) in [6.07, 6.45) is -0.667. The first kappa shape index (κ1) is 14.6. The molecule has 3 N–H and O–H groups in total. The third kappa shape index (κ3) is 3.51. The average molecular weight is 266 g/mol. The highest BCUT2D eigenvalue weighted by Crippen LogP contribution is 2.17. The first-order valence-electron chi connectivity index (χ1n) is 5.58. The minimum atomic E-state index is -0.738. The van der Waals surface area contributed by atoms with Gasteiger partial charge in [0.05, 0.1) is 10.5 Å². The number of carbonyl (C=O) groups excluding carboxylic acids is 1. The molecule has 98 valence electrons. The van der Waals surface area contributed by atoms with Gasteiger partial charge in [0.2, 0.25) is 0 Å². The van der Waals surface area contributed by atoms with Crippen LogP contribution in [0.1, 0.15) is 25.5 Å². The summed E-state index contributed by atoms with van der Waals surface area (Å²) < 4.78 is 5.23. The van der Waals surface area contributed by atoms with Crippen molar-refractivity contribution < 1.29 is 9.53 Å². The van der Waals surface area contributed by atoms with Crippen molar-refractivity contribution in [1.29, 1.82) is 0 Å². The predicted molar refractivity (Wildman–Crippen MR) is 75.2 cm³/mol. The van der Waals surface area contributed by atoms with E-state index in [1.54, 1.807) is 13.8 Å². The SMILES string of the molecule is COC(C(=O)NC(C)(C)C(N)=S)c1ccccc1. The van der Waals surface area contributed by atoms with Gasteiger partial charge in [-0.1, -0.05) is 42.5 Å². The van der Waals surface area contributed by atoms with Crippen molar-refractivity contribution >= 4 is 23.1 Å². The summed E-state index contributed by atoms with van der Waals surface area (Å²) in [5.41, 5.74) is 5.62. The molecule has 0 aliphatic carbocycles. The number of benzene rings is 1. The molecule has 0 bridgehead atoms. The van der Waals surface area contributed by atoms with Crippen LogP contribution in [0.15, 0.2) is 30.3 Å². The van der Waals surface area contributed by atoms with Gasteiger partial charge in [0.15, 0.2) is 6.10 Å². The summed E-state index contributed by atoms with van der Waals surface area (Å²) in [7, 11) is 1.49. The van der Waals surface area contributed by atoms with E-state index in [1.165, 1.54) is 7.11 Å². The fourth-order valence-electron chi connectivity index (χ4n) is 1.46. The molecule has 1 atom stereocenters. The predicted octanol–water partition coefficient (Wildman–Crippen LogP) is 1.55. The third-order valence-corrected chi connectivity index (χ3v) is 3.14. The van der Waals surface area contributed by atoms with E-state index in [0.29, 0.717) is 0 Å². The van der Waals surface area contributed by atoms with Crippen LogP contribution in [0, 0.1) is 0 Å². The van der Waals surface area contributed by atoms with E-state index < -0.39 is 11.6 Å². The van der Waals surface area contributed by atoms with Gasteiger partial charge in [-0.2, -0.15) is 0 Å². The normalized spacial score (nSPS) is 12.8. The van der Waals surface area contributed by atoms with Crippen LogP contribution in [0.4, 0.5) is 0 Å². The molecule has 1 aromatic carbocycles. The van der Waals surface area contributed by atoms with E-state index in [1.807, 2.05) is 30.3 Å². The zero-order valence-electron chi connectivity index (χ0n) is 10.8. The number of methoxy groups -OCH3 is 1. The summed E-state index contributed by atoms with van der Waals surface area (Å²) in [5.74, 6) is -0.262. The van der Waals surface area contributed by atoms with E-state index in [-0.39, 0.29) is 10.9 Å². The van der Waals surface area contributed by atoms with Crippen molar-refractivity contribution in [3.05, 3.63) is 35.9 Å². The molecular formula is C13H18N2O2S. The second kappa shape index (κ2) is 5.93. The largest absolute Gasteiger partial charge is 0.391 e. The molecule has 0 aliphatic heterocycles. The molecule has 0 spiro atoms. The van der Waals surface area contributed by atoms with Gasteiger partial charge in [0.1, 0.15) is 0 Å². The molecular weight excluding hydrogens is 248 g/mol. The number of hydrogen-bond donors (Lipinski definition) is 2. The first-order valence-corrected chi connectivity index (χ1v) is 5.99. The van der Waals surface area contributed by atoms with Gasteiger partial charge in [0.25, 0.3) is 5.91 Å². The fraction of sp³-hybridized carbons (Fsp3) is 0.385. The second-order valence-electron chi connectivity index (χ2n) is 4.50. The van der Waals surface area contributed by atoms with Crippen LogP contribution in [0.5, 0.6) is 0 Å². The Balaban J connectivity index is 2.85. The molecule has 1 amide bonds. The smallest absolute Gasteiger partial charge is 0.254 e. The van der Waals surface area contributed by atoms with Crippen LogP contribution in [-0.4, -0.2) is 23.5 Å². The lowest BCUT2D eigenvalue weighted by Crippen LogP contribution is -2.53. The Kier molecular flexibility index (Phi) is 4.81. The maximum atomic E-state index is 12.1. The zero-order valence-corrected chi connectivity index (χ0v) is 11.6. The van der Waals surface area contributed by atoms with Crippen LogP contribution in [0.3, 0.4) is 0 Å². The monoisotopic (exact) mass is 266 g/mol. The minimum Gasteiger partial charge on any atom is -0.391 e. The van der Waals surface area contributed by atoms with Gasteiger partial charge >= 0.3 is 0 Å². The summed E-state index contributed by atoms with van der Waals surface area (Å²) in [5, 5.41) is 2.78. The van der Waals surface area contributed by atoms with Gasteiger partial charge in [-0.3, -0.25) is 4.79 Å². The quantitative estimate of drug-likeness (QED) is 0.794. The molecule has 5 heteroatoms. The lowest BCUT2D eigenvalue weighted by atomic mass is 10.0. The Morgan fingerprint density at radius 3 is 2.39 bits per heavy atom. The van der Waals surface area contributed by atoms with Gasteiger partial charge < -0.3 is 15.8 Å². The Bertz CT molecular complexity index is 432. The Hall–Kier alpha value is -1.46. The summed E-state index contributed by atoms with van der Waals surface area (Å²) in [6, 6.07) is 9.26. The van der Waals surface area contributed by atoms with Gasteiger partial charge in [0, 0.05) is 7.11 Å². The number of carbonyl (C=O) groups is 1. The number of thiocarbonyl (C=S) groups is 1. The molecule has 0 radical (unpaired) electrons. The number of nitrogens with two attached hydrogens (primary N) is 1. The van der Waals surface area contributed by atoms with Crippen LogP contribution >= 0.6 is 12.2 Å². The number of hydrogen-bond acceptors (Lipinski definition) is 3. The minimum absolute atomic E-state index is 0.235. The van der Waals surface area contributed by atoms with Crippen molar-refractivity contribution in [1.82, 2.24) is 5.32 Å². The van der Waals surface area contributed by atoms with E-state index in [4.69, 9.17) is 22.7 Å². The second-order valence-corrected chi connectivity index (χ2v) is 4.94. The Morgan fingerprint density at radius 1 is 1.39 bits per heavy atom. The van der Waals surface area contributed by atoms with Crippen molar-refractivity contribution in [2.45, 2.75) is 25.5 Å². The molecule has 0 aliphatic rings. The zero-order chi connectivity index (χ0) is 13.8. The van der Waals surface area contributed by atoms with E-state index in [2.05, 4.69) is 5.32 Å². The highest BCUT2D eigenvalue weighted by Gasteiger charge is 2.28. The van der Waals surface area contributed by atoms with Crippen molar-refractivity contribution in [3.63, 3.8) is 0 Å². The summed E-state index contributed by atoms with van der Waals surface area (Å²) in [6.45, 7) is 3.51. The fourth-order valence-corrected chi connectivity index (χ4v) is 1.51. The molecule has 4 nitrogen and oxygen atoms in total. The van der Waals surface area contributed by atoms with E-state index in [0.717, 1.165) is 5.56 Å².